The van der Waals surface area contributed by atoms with Gasteiger partial charge in [0, 0.05) is 17.8 Å². The van der Waals surface area contributed by atoms with Crippen LogP contribution in [0.5, 0.6) is 5.75 Å². The van der Waals surface area contributed by atoms with Gasteiger partial charge in [0.25, 0.3) is 0 Å². The predicted molar refractivity (Wildman–Crippen MR) is 91.7 cm³/mol. The van der Waals surface area contributed by atoms with Crippen molar-refractivity contribution in [2.75, 3.05) is 7.11 Å². The molecule has 3 aliphatic rings. The largest absolute Gasteiger partial charge is 0.497 e. The number of carbonyl (C=O) groups excluding carboxylic acids is 1. The minimum Gasteiger partial charge on any atom is -0.497 e. The molecule has 0 bridgehead atoms. The van der Waals surface area contributed by atoms with Crippen LogP contribution in [0.3, 0.4) is 0 Å². The van der Waals surface area contributed by atoms with Crippen LogP contribution in [0.1, 0.15) is 50.2 Å². The summed E-state index contributed by atoms with van der Waals surface area (Å²) in [5.74, 6) is 3.51. The Hall–Kier alpha value is -1.57. The second-order valence-corrected chi connectivity index (χ2v) is 8.12. The standard InChI is InChI=1S/C21H26O2/c1-12-9-14-10-15(23-4)5-6-16(14)19-13(2)11-21(3)17(20(12)19)7-8-18(21)22/h5-6,10,12,17,19-20H,2,7-9,11H2,1,3-4H3/t12-,17+,19-,20+,21+/m1/s1. The first-order valence-corrected chi connectivity index (χ1v) is 8.83. The van der Waals surface area contributed by atoms with Crippen molar-refractivity contribution in [1.29, 1.82) is 0 Å². The molecule has 5 atom stereocenters. The van der Waals surface area contributed by atoms with Gasteiger partial charge in [0.2, 0.25) is 0 Å². The molecule has 122 valence electrons. The van der Waals surface area contributed by atoms with E-state index < -0.39 is 0 Å². The van der Waals surface area contributed by atoms with Gasteiger partial charge in [0.1, 0.15) is 11.5 Å². The number of hydrogen-bond donors (Lipinski definition) is 0. The van der Waals surface area contributed by atoms with Gasteiger partial charge in [-0.2, -0.15) is 0 Å². The minimum absolute atomic E-state index is 0.156. The molecule has 1 aromatic rings. The maximum Gasteiger partial charge on any atom is 0.139 e. The van der Waals surface area contributed by atoms with E-state index in [-0.39, 0.29) is 5.41 Å². The van der Waals surface area contributed by atoms with Gasteiger partial charge in [-0.15, -0.1) is 0 Å². The maximum absolute atomic E-state index is 12.5. The van der Waals surface area contributed by atoms with E-state index in [4.69, 9.17) is 4.74 Å². The van der Waals surface area contributed by atoms with Crippen LogP contribution >= 0.6 is 0 Å². The van der Waals surface area contributed by atoms with E-state index in [9.17, 15) is 4.79 Å². The van der Waals surface area contributed by atoms with Crippen molar-refractivity contribution in [1.82, 2.24) is 0 Å². The molecular weight excluding hydrogens is 284 g/mol. The van der Waals surface area contributed by atoms with Crippen LogP contribution in [-0.4, -0.2) is 12.9 Å². The Morgan fingerprint density at radius 2 is 2.13 bits per heavy atom. The third-order valence-electron chi connectivity index (χ3n) is 6.91. The van der Waals surface area contributed by atoms with Crippen LogP contribution in [0.4, 0.5) is 0 Å². The highest BCUT2D eigenvalue weighted by Gasteiger charge is 2.57. The summed E-state index contributed by atoms with van der Waals surface area (Å²) in [4.78, 5) is 12.5. The number of ether oxygens (including phenoxy) is 1. The normalized spacial score (nSPS) is 38.7. The highest BCUT2D eigenvalue weighted by molar-refractivity contribution is 5.87. The summed E-state index contributed by atoms with van der Waals surface area (Å²) in [6, 6.07) is 6.51. The van der Waals surface area contributed by atoms with Crippen LogP contribution in [0, 0.1) is 23.2 Å². The summed E-state index contributed by atoms with van der Waals surface area (Å²) < 4.78 is 5.41. The fourth-order valence-electron chi connectivity index (χ4n) is 5.86. The van der Waals surface area contributed by atoms with Crippen molar-refractivity contribution >= 4 is 5.78 Å². The van der Waals surface area contributed by atoms with Gasteiger partial charge in [-0.1, -0.05) is 32.1 Å². The Morgan fingerprint density at radius 3 is 2.87 bits per heavy atom. The number of ketones is 1. The Morgan fingerprint density at radius 1 is 1.35 bits per heavy atom. The quantitative estimate of drug-likeness (QED) is 0.712. The Bertz CT molecular complexity index is 689. The number of benzene rings is 1. The Labute approximate surface area is 138 Å². The topological polar surface area (TPSA) is 26.3 Å². The lowest BCUT2D eigenvalue weighted by molar-refractivity contribution is -0.128. The Kier molecular flexibility index (Phi) is 3.23. The van der Waals surface area contributed by atoms with E-state index in [1.165, 1.54) is 16.7 Å². The molecule has 0 radical (unpaired) electrons. The number of carbonyl (C=O) groups is 1. The molecule has 0 saturated heterocycles. The van der Waals surface area contributed by atoms with Crippen LogP contribution in [0.25, 0.3) is 0 Å². The molecule has 2 fully saturated rings. The van der Waals surface area contributed by atoms with Gasteiger partial charge in [0.05, 0.1) is 7.11 Å². The van der Waals surface area contributed by atoms with Crippen LogP contribution in [0.15, 0.2) is 30.4 Å². The molecule has 4 rings (SSSR count). The molecule has 0 amide bonds. The smallest absolute Gasteiger partial charge is 0.139 e. The number of Topliss-reactive ketones (excluding diaryl/α,β-unsaturated/α-hetero) is 1. The SMILES string of the molecule is C=C1C[C@]2(C)C(=O)CC[C@H]2[C@@H]2[C@H](C)Cc3cc(OC)ccc3[C@@H]12. The Balaban J connectivity index is 1.81. The number of fused-ring (bicyclic) bond motifs is 5. The molecule has 0 spiro atoms. The number of hydrogen-bond acceptors (Lipinski definition) is 2. The zero-order chi connectivity index (χ0) is 16.4. The molecule has 0 aromatic heterocycles. The lowest BCUT2D eigenvalue weighted by atomic mass is 9.52. The molecule has 0 N–H and O–H groups in total. The van der Waals surface area contributed by atoms with Crippen LogP contribution < -0.4 is 4.74 Å². The molecule has 2 nitrogen and oxygen atoms in total. The van der Waals surface area contributed by atoms with E-state index in [2.05, 4.69) is 38.6 Å². The van der Waals surface area contributed by atoms with Crippen molar-refractivity contribution in [2.24, 2.45) is 23.2 Å². The zero-order valence-electron chi connectivity index (χ0n) is 14.4. The molecule has 3 aliphatic carbocycles. The van der Waals surface area contributed by atoms with Crippen molar-refractivity contribution < 1.29 is 9.53 Å². The molecule has 23 heavy (non-hydrogen) atoms. The van der Waals surface area contributed by atoms with Gasteiger partial charge in [-0.25, -0.2) is 0 Å². The van der Waals surface area contributed by atoms with Gasteiger partial charge in [-0.05, 0) is 60.3 Å². The molecule has 2 heteroatoms. The summed E-state index contributed by atoms with van der Waals surface area (Å²) in [7, 11) is 1.73. The predicted octanol–water partition coefficient (Wildman–Crippen LogP) is 4.53. The second-order valence-electron chi connectivity index (χ2n) is 8.12. The van der Waals surface area contributed by atoms with Gasteiger partial charge in [0.15, 0.2) is 0 Å². The van der Waals surface area contributed by atoms with Crippen LogP contribution in [0.2, 0.25) is 0 Å². The summed E-state index contributed by atoms with van der Waals surface area (Å²) in [5, 5.41) is 0. The third kappa shape index (κ3) is 1.96. The first-order chi connectivity index (χ1) is 11.0. The highest BCUT2D eigenvalue weighted by Crippen LogP contribution is 2.62. The number of allylic oxidation sites excluding steroid dienone is 1. The van der Waals surface area contributed by atoms with Gasteiger partial charge < -0.3 is 4.74 Å². The van der Waals surface area contributed by atoms with E-state index in [0.717, 1.165) is 31.4 Å². The first kappa shape index (κ1) is 15.0. The van der Waals surface area contributed by atoms with Gasteiger partial charge in [-0.3, -0.25) is 4.79 Å². The maximum atomic E-state index is 12.5. The molecule has 0 aliphatic heterocycles. The van der Waals surface area contributed by atoms with E-state index >= 15 is 0 Å². The fraction of sp³-hybridized carbons (Fsp3) is 0.571. The third-order valence-corrected chi connectivity index (χ3v) is 6.91. The molecule has 0 heterocycles. The number of rotatable bonds is 1. The van der Waals surface area contributed by atoms with Crippen molar-refractivity contribution in [3.8, 4) is 5.75 Å². The van der Waals surface area contributed by atoms with Crippen molar-refractivity contribution in [3.63, 3.8) is 0 Å². The van der Waals surface area contributed by atoms with Crippen molar-refractivity contribution in [3.05, 3.63) is 41.5 Å². The zero-order valence-corrected chi connectivity index (χ0v) is 14.4. The van der Waals surface area contributed by atoms with E-state index in [1.54, 1.807) is 7.11 Å². The van der Waals surface area contributed by atoms with E-state index in [1.807, 2.05) is 0 Å². The van der Waals surface area contributed by atoms with Gasteiger partial charge >= 0.3 is 0 Å². The van der Waals surface area contributed by atoms with E-state index in [0.29, 0.717) is 29.5 Å². The average Bonchev–Trinajstić information content (AvgIpc) is 2.81. The highest BCUT2D eigenvalue weighted by atomic mass is 16.5. The molecule has 0 unspecified atom stereocenters. The molecular formula is C21H26O2. The lowest BCUT2D eigenvalue weighted by Crippen LogP contribution is -2.46. The second kappa shape index (κ2) is 4.96. The first-order valence-electron chi connectivity index (χ1n) is 8.83. The van der Waals surface area contributed by atoms with Crippen molar-refractivity contribution in [2.45, 2.75) is 45.4 Å². The summed E-state index contributed by atoms with van der Waals surface area (Å²) in [6.07, 6.45) is 3.79. The fourth-order valence-corrected chi connectivity index (χ4v) is 5.86. The lowest BCUT2D eigenvalue weighted by Gasteiger charge is -2.52. The summed E-state index contributed by atoms with van der Waals surface area (Å²) in [6.45, 7) is 8.99. The average molecular weight is 310 g/mol. The molecule has 1 aromatic carbocycles. The van der Waals surface area contributed by atoms with Crippen LogP contribution in [-0.2, 0) is 11.2 Å². The summed E-state index contributed by atoms with van der Waals surface area (Å²) >= 11 is 0. The summed E-state index contributed by atoms with van der Waals surface area (Å²) in [5.41, 5.74) is 3.95. The minimum atomic E-state index is -0.156. The monoisotopic (exact) mass is 310 g/mol. The number of methoxy groups -OCH3 is 1. The molecule has 2 saturated carbocycles.